The van der Waals surface area contributed by atoms with Crippen LogP contribution in [0, 0.1) is 0 Å². The highest BCUT2D eigenvalue weighted by atomic mass is 35.5. The van der Waals surface area contributed by atoms with Crippen LogP contribution >= 0.6 is 11.6 Å². The lowest BCUT2D eigenvalue weighted by Gasteiger charge is -2.01. The van der Waals surface area contributed by atoms with Gasteiger partial charge in [-0.15, -0.1) is 0 Å². The van der Waals surface area contributed by atoms with Gasteiger partial charge in [-0.25, -0.2) is 14.3 Å². The fourth-order valence-corrected chi connectivity index (χ4v) is 2.20. The topological polar surface area (TPSA) is 76.5 Å². The van der Waals surface area contributed by atoms with Crippen LogP contribution in [0.2, 0.25) is 5.02 Å². The molecule has 2 heterocycles. The zero-order valence-electron chi connectivity index (χ0n) is 11.7. The SMILES string of the molecule is CCOC(=O)c1cc2nc(-c3ccc(Cl)cc3)cc(=O)n2[nH]1. The smallest absolute Gasteiger partial charge is 0.356 e. The summed E-state index contributed by atoms with van der Waals surface area (Å²) in [5.74, 6) is -0.527. The lowest BCUT2D eigenvalue weighted by atomic mass is 10.1. The molecule has 0 amide bonds. The fourth-order valence-electron chi connectivity index (χ4n) is 2.07. The van der Waals surface area contributed by atoms with Crippen molar-refractivity contribution in [2.75, 3.05) is 6.61 Å². The fraction of sp³-hybridized carbons (Fsp3) is 0.133. The Morgan fingerprint density at radius 2 is 2.05 bits per heavy atom. The molecule has 0 aliphatic heterocycles. The van der Waals surface area contributed by atoms with Crippen molar-refractivity contribution in [3.8, 4) is 11.3 Å². The van der Waals surface area contributed by atoms with E-state index in [9.17, 15) is 9.59 Å². The van der Waals surface area contributed by atoms with Crippen molar-refractivity contribution in [3.63, 3.8) is 0 Å². The molecule has 22 heavy (non-hydrogen) atoms. The second kappa shape index (κ2) is 5.65. The van der Waals surface area contributed by atoms with Crippen LogP contribution in [-0.2, 0) is 4.74 Å². The summed E-state index contributed by atoms with van der Waals surface area (Å²) in [5.41, 5.74) is 1.49. The number of carbonyl (C=O) groups is 1. The van der Waals surface area contributed by atoms with Crippen molar-refractivity contribution in [2.24, 2.45) is 0 Å². The number of ether oxygens (including phenoxy) is 1. The van der Waals surface area contributed by atoms with Gasteiger partial charge in [0.15, 0.2) is 5.65 Å². The van der Waals surface area contributed by atoms with Crippen molar-refractivity contribution in [1.82, 2.24) is 14.6 Å². The molecule has 0 unspecified atom stereocenters. The molecule has 0 radical (unpaired) electrons. The highest BCUT2D eigenvalue weighted by Gasteiger charge is 2.13. The van der Waals surface area contributed by atoms with E-state index < -0.39 is 5.97 Å². The number of nitrogens with one attached hydrogen (secondary N) is 1. The number of H-pyrrole nitrogens is 1. The second-order valence-electron chi connectivity index (χ2n) is 4.57. The first-order chi connectivity index (χ1) is 10.6. The maximum absolute atomic E-state index is 12.1. The molecular formula is C15H12ClN3O3. The van der Waals surface area contributed by atoms with Gasteiger partial charge in [0, 0.05) is 22.7 Å². The molecule has 3 rings (SSSR count). The van der Waals surface area contributed by atoms with Gasteiger partial charge in [0.25, 0.3) is 5.56 Å². The van der Waals surface area contributed by atoms with Crippen LogP contribution in [0.4, 0.5) is 0 Å². The number of nitrogens with zero attached hydrogens (tertiary/aromatic N) is 2. The molecule has 0 saturated carbocycles. The number of aromatic nitrogens is 3. The summed E-state index contributed by atoms with van der Waals surface area (Å²) in [6.07, 6.45) is 0. The van der Waals surface area contributed by atoms with E-state index in [1.54, 1.807) is 31.2 Å². The summed E-state index contributed by atoms with van der Waals surface area (Å²) in [5, 5.41) is 3.29. The minimum Gasteiger partial charge on any atom is -0.461 e. The van der Waals surface area contributed by atoms with Gasteiger partial charge in [0.1, 0.15) is 5.69 Å². The first-order valence-electron chi connectivity index (χ1n) is 6.64. The van der Waals surface area contributed by atoms with Crippen molar-refractivity contribution in [3.05, 3.63) is 57.5 Å². The summed E-state index contributed by atoms with van der Waals surface area (Å²) in [4.78, 5) is 28.2. The molecular weight excluding hydrogens is 306 g/mol. The minimum atomic E-state index is -0.527. The molecule has 0 aliphatic carbocycles. The van der Waals surface area contributed by atoms with Crippen LogP contribution in [0.15, 0.2) is 41.2 Å². The van der Waals surface area contributed by atoms with E-state index in [1.165, 1.54) is 16.6 Å². The van der Waals surface area contributed by atoms with E-state index >= 15 is 0 Å². The van der Waals surface area contributed by atoms with Gasteiger partial charge >= 0.3 is 5.97 Å². The molecule has 3 aromatic rings. The normalized spacial score (nSPS) is 10.8. The first-order valence-corrected chi connectivity index (χ1v) is 7.02. The Morgan fingerprint density at radius 3 is 2.73 bits per heavy atom. The lowest BCUT2D eigenvalue weighted by molar-refractivity contribution is 0.0519. The van der Waals surface area contributed by atoms with Crippen LogP contribution in [-0.4, -0.2) is 27.2 Å². The molecule has 2 aromatic heterocycles. The third-order valence-corrected chi connectivity index (χ3v) is 3.34. The Kier molecular flexibility index (Phi) is 3.68. The number of benzene rings is 1. The number of esters is 1. The van der Waals surface area contributed by atoms with Gasteiger partial charge in [-0.3, -0.25) is 9.89 Å². The van der Waals surface area contributed by atoms with E-state index in [2.05, 4.69) is 10.1 Å². The zero-order valence-corrected chi connectivity index (χ0v) is 12.4. The second-order valence-corrected chi connectivity index (χ2v) is 5.01. The first kappa shape index (κ1) is 14.3. The molecule has 0 bridgehead atoms. The van der Waals surface area contributed by atoms with Gasteiger partial charge in [-0.2, -0.15) is 0 Å². The van der Waals surface area contributed by atoms with E-state index in [-0.39, 0.29) is 17.9 Å². The Morgan fingerprint density at radius 1 is 1.32 bits per heavy atom. The van der Waals surface area contributed by atoms with Crippen molar-refractivity contribution in [2.45, 2.75) is 6.92 Å². The van der Waals surface area contributed by atoms with Crippen LogP contribution in [0.1, 0.15) is 17.4 Å². The average molecular weight is 318 g/mol. The summed E-state index contributed by atoms with van der Waals surface area (Å²) in [6.45, 7) is 1.97. The van der Waals surface area contributed by atoms with E-state index in [4.69, 9.17) is 16.3 Å². The average Bonchev–Trinajstić information content (AvgIpc) is 2.93. The van der Waals surface area contributed by atoms with Gasteiger partial charge < -0.3 is 4.74 Å². The quantitative estimate of drug-likeness (QED) is 0.753. The lowest BCUT2D eigenvalue weighted by Crippen LogP contribution is -2.15. The summed E-state index contributed by atoms with van der Waals surface area (Å²) in [7, 11) is 0. The maximum Gasteiger partial charge on any atom is 0.356 e. The number of hydrogen-bond acceptors (Lipinski definition) is 4. The van der Waals surface area contributed by atoms with Gasteiger partial charge in [0.05, 0.1) is 12.3 Å². The van der Waals surface area contributed by atoms with E-state index in [0.717, 1.165) is 5.56 Å². The standard InChI is InChI=1S/C15H12ClN3O3/c1-2-22-15(21)12-7-13-17-11(8-14(20)19(13)18-12)9-3-5-10(16)6-4-9/h3-8,18H,2H2,1H3. The largest absolute Gasteiger partial charge is 0.461 e. The van der Waals surface area contributed by atoms with Crippen LogP contribution in [0.25, 0.3) is 16.9 Å². The number of hydrogen-bond donors (Lipinski definition) is 1. The Balaban J connectivity index is 2.10. The van der Waals surface area contributed by atoms with Gasteiger partial charge in [0.2, 0.25) is 0 Å². The zero-order chi connectivity index (χ0) is 15.7. The van der Waals surface area contributed by atoms with Crippen molar-refractivity contribution in [1.29, 1.82) is 0 Å². The van der Waals surface area contributed by atoms with Crippen LogP contribution in [0.5, 0.6) is 0 Å². The predicted molar refractivity (Wildman–Crippen MR) is 82.2 cm³/mol. The number of halogens is 1. The number of carbonyl (C=O) groups excluding carboxylic acids is 1. The van der Waals surface area contributed by atoms with Crippen LogP contribution in [0.3, 0.4) is 0 Å². The summed E-state index contributed by atoms with van der Waals surface area (Å²) in [6, 6.07) is 9.88. The third kappa shape index (κ3) is 2.60. The highest BCUT2D eigenvalue weighted by molar-refractivity contribution is 6.30. The number of fused-ring (bicyclic) bond motifs is 1. The minimum absolute atomic E-state index is 0.180. The monoisotopic (exact) mass is 317 g/mol. The van der Waals surface area contributed by atoms with E-state index in [1.807, 2.05) is 0 Å². The molecule has 0 atom stereocenters. The van der Waals surface area contributed by atoms with Gasteiger partial charge in [-0.1, -0.05) is 23.7 Å². The van der Waals surface area contributed by atoms with E-state index in [0.29, 0.717) is 16.4 Å². The predicted octanol–water partition coefficient (Wildman–Crippen LogP) is 2.52. The Labute approximate surface area is 130 Å². The van der Waals surface area contributed by atoms with Crippen molar-refractivity contribution >= 4 is 23.2 Å². The summed E-state index contributed by atoms with van der Waals surface area (Å²) < 4.78 is 6.10. The number of aromatic amines is 1. The molecule has 1 N–H and O–H groups in total. The highest BCUT2D eigenvalue weighted by Crippen LogP contribution is 2.19. The summed E-state index contributed by atoms with van der Waals surface area (Å²) >= 11 is 5.85. The molecule has 6 nitrogen and oxygen atoms in total. The molecule has 0 aliphatic rings. The third-order valence-electron chi connectivity index (χ3n) is 3.09. The molecule has 112 valence electrons. The molecule has 7 heteroatoms. The molecule has 1 aromatic carbocycles. The number of rotatable bonds is 3. The molecule has 0 fully saturated rings. The Hall–Kier alpha value is -2.60. The van der Waals surface area contributed by atoms with Crippen molar-refractivity contribution < 1.29 is 9.53 Å². The maximum atomic E-state index is 12.1. The Bertz CT molecular complexity index is 897. The molecule has 0 saturated heterocycles. The van der Waals surface area contributed by atoms with Crippen LogP contribution < -0.4 is 5.56 Å². The van der Waals surface area contributed by atoms with Gasteiger partial charge in [-0.05, 0) is 19.1 Å². The molecule has 0 spiro atoms.